The van der Waals surface area contributed by atoms with E-state index in [9.17, 15) is 9.90 Å². The fourth-order valence-electron chi connectivity index (χ4n) is 6.03. The van der Waals surface area contributed by atoms with Crippen LogP contribution in [-0.4, -0.2) is 41.7 Å². The van der Waals surface area contributed by atoms with Crippen molar-refractivity contribution >= 4 is 5.97 Å². The Morgan fingerprint density at radius 3 is 2.42 bits per heavy atom. The van der Waals surface area contributed by atoms with Crippen molar-refractivity contribution in [3.8, 4) is 11.5 Å². The summed E-state index contributed by atoms with van der Waals surface area (Å²) in [4.78, 5) is 16.1. The van der Waals surface area contributed by atoms with Gasteiger partial charge in [0.15, 0.2) is 0 Å². The van der Waals surface area contributed by atoms with Gasteiger partial charge in [0.2, 0.25) is 5.60 Å². The smallest absolute Gasteiger partial charge is 0.348 e. The molecule has 2 bridgehead atoms. The van der Waals surface area contributed by atoms with E-state index >= 15 is 0 Å². The highest BCUT2D eigenvalue weighted by Crippen LogP contribution is 2.51. The van der Waals surface area contributed by atoms with Crippen LogP contribution in [0.2, 0.25) is 0 Å². The van der Waals surface area contributed by atoms with Gasteiger partial charge in [0.25, 0.3) is 0 Å². The Balaban J connectivity index is 1.42. The Morgan fingerprint density at radius 1 is 1.13 bits per heavy atom. The van der Waals surface area contributed by atoms with Gasteiger partial charge >= 0.3 is 5.97 Å². The lowest BCUT2D eigenvalue weighted by atomic mass is 9.83. The highest BCUT2D eigenvalue weighted by atomic mass is 16.6. The number of carbonyl (C=O) groups is 1. The third-order valence-electron chi connectivity index (χ3n) is 7.51. The first kappa shape index (κ1) is 20.5. The molecule has 0 spiro atoms. The molecule has 5 rings (SSSR count). The fourth-order valence-corrected chi connectivity index (χ4v) is 6.03. The molecular weight excluding hydrogens is 390 g/mol. The monoisotopic (exact) mass is 421 g/mol. The summed E-state index contributed by atoms with van der Waals surface area (Å²) in [7, 11) is 2.20. The largest absolute Gasteiger partial charge is 0.459 e. The molecule has 0 amide bonds. The van der Waals surface area contributed by atoms with Gasteiger partial charge in [0.1, 0.15) is 17.6 Å². The van der Waals surface area contributed by atoms with Crippen LogP contribution >= 0.6 is 0 Å². The van der Waals surface area contributed by atoms with Crippen molar-refractivity contribution in [2.24, 2.45) is 11.8 Å². The highest BCUT2D eigenvalue weighted by molar-refractivity contribution is 5.88. The van der Waals surface area contributed by atoms with Crippen molar-refractivity contribution < 1.29 is 19.4 Å². The molecule has 2 aromatic rings. The lowest BCUT2D eigenvalue weighted by Crippen LogP contribution is -2.44. The van der Waals surface area contributed by atoms with E-state index in [2.05, 4.69) is 18.9 Å². The zero-order valence-electron chi connectivity index (χ0n) is 18.3. The summed E-state index contributed by atoms with van der Waals surface area (Å²) in [6.45, 7) is 3.29. The van der Waals surface area contributed by atoms with E-state index in [0.717, 1.165) is 19.4 Å². The standard InChI is InChI=1S/C26H31NO4/c1-3-4-15-27(2)24-17-13-14-18(24)23(16-17)31-25(28)26(29)19-9-5-7-11-21(19)30-22-12-8-6-10-20(22)26/h5-12,17-18,23-24,29H,3-4,13-16H2,1-2H3. The van der Waals surface area contributed by atoms with E-state index in [4.69, 9.17) is 9.47 Å². The lowest BCUT2D eigenvalue weighted by Gasteiger charge is -2.35. The number of fused-ring (bicyclic) bond motifs is 4. The number of unbranched alkanes of at least 4 members (excludes halogenated alkanes) is 1. The molecule has 0 radical (unpaired) electrons. The number of esters is 1. The molecule has 4 atom stereocenters. The lowest BCUT2D eigenvalue weighted by molar-refractivity contribution is -0.171. The van der Waals surface area contributed by atoms with Crippen LogP contribution < -0.4 is 4.74 Å². The summed E-state index contributed by atoms with van der Waals surface area (Å²) in [6, 6.07) is 14.8. The molecule has 5 nitrogen and oxygen atoms in total. The third kappa shape index (κ3) is 3.26. The summed E-state index contributed by atoms with van der Waals surface area (Å²) in [5.41, 5.74) is -0.978. The molecule has 2 saturated carbocycles. The molecule has 164 valence electrons. The van der Waals surface area contributed by atoms with Crippen LogP contribution in [0.15, 0.2) is 48.5 Å². The van der Waals surface area contributed by atoms with Crippen molar-refractivity contribution in [1.29, 1.82) is 0 Å². The molecule has 31 heavy (non-hydrogen) atoms. The summed E-state index contributed by atoms with van der Waals surface area (Å²) in [6.07, 6.45) is 5.38. The van der Waals surface area contributed by atoms with Gasteiger partial charge in [-0.3, -0.25) is 0 Å². The second kappa shape index (κ2) is 7.95. The van der Waals surface area contributed by atoms with E-state index in [1.54, 1.807) is 24.3 Å². The van der Waals surface area contributed by atoms with Gasteiger partial charge in [-0.2, -0.15) is 0 Å². The fraction of sp³-hybridized carbons (Fsp3) is 0.500. The summed E-state index contributed by atoms with van der Waals surface area (Å²) in [5, 5.41) is 11.8. The summed E-state index contributed by atoms with van der Waals surface area (Å²) in [5.74, 6) is 1.29. The van der Waals surface area contributed by atoms with E-state index in [1.807, 2.05) is 24.3 Å². The van der Waals surface area contributed by atoms with Gasteiger partial charge in [0.05, 0.1) is 0 Å². The molecular formula is C26H31NO4. The van der Waals surface area contributed by atoms with Crippen LogP contribution in [0.1, 0.15) is 50.2 Å². The normalized spacial score (nSPS) is 27.5. The number of hydrogen-bond donors (Lipinski definition) is 1. The van der Waals surface area contributed by atoms with E-state index < -0.39 is 11.6 Å². The SMILES string of the molecule is CCCCN(C)C1C2CCC1C(OC(=O)C1(O)c3ccccc3Oc3ccccc31)C2. The van der Waals surface area contributed by atoms with Crippen LogP contribution in [0.25, 0.3) is 0 Å². The molecule has 3 aliphatic rings. The van der Waals surface area contributed by atoms with Gasteiger partial charge in [-0.25, -0.2) is 4.79 Å². The van der Waals surface area contributed by atoms with Crippen LogP contribution in [0.4, 0.5) is 0 Å². The first-order valence-electron chi connectivity index (χ1n) is 11.5. The Labute approximate surface area is 184 Å². The number of ether oxygens (including phenoxy) is 2. The Hall–Kier alpha value is -2.37. The second-order valence-corrected chi connectivity index (χ2v) is 9.31. The van der Waals surface area contributed by atoms with E-state index in [0.29, 0.717) is 40.5 Å². The molecule has 1 heterocycles. The Kier molecular flexibility index (Phi) is 5.27. The predicted molar refractivity (Wildman–Crippen MR) is 118 cm³/mol. The topological polar surface area (TPSA) is 59.0 Å². The molecule has 2 fully saturated rings. The number of nitrogens with zero attached hydrogens (tertiary/aromatic N) is 1. The number of aliphatic hydroxyl groups is 1. The Morgan fingerprint density at radius 2 is 1.77 bits per heavy atom. The first-order valence-corrected chi connectivity index (χ1v) is 11.5. The van der Waals surface area contributed by atoms with Gasteiger partial charge in [-0.1, -0.05) is 49.7 Å². The molecule has 1 aliphatic heterocycles. The molecule has 0 aromatic heterocycles. The maximum absolute atomic E-state index is 13.6. The molecule has 1 N–H and O–H groups in total. The maximum Gasteiger partial charge on any atom is 0.348 e. The van der Waals surface area contributed by atoms with Crippen molar-refractivity contribution in [3.63, 3.8) is 0 Å². The van der Waals surface area contributed by atoms with E-state index in [1.165, 1.54) is 19.3 Å². The van der Waals surface area contributed by atoms with Crippen LogP contribution in [-0.2, 0) is 15.1 Å². The number of benzene rings is 2. The van der Waals surface area contributed by atoms with Crippen molar-refractivity contribution in [3.05, 3.63) is 59.7 Å². The zero-order valence-corrected chi connectivity index (χ0v) is 18.3. The van der Waals surface area contributed by atoms with Crippen LogP contribution in [0, 0.1) is 11.8 Å². The van der Waals surface area contributed by atoms with Gasteiger partial charge < -0.3 is 19.5 Å². The minimum Gasteiger partial charge on any atom is -0.459 e. The third-order valence-corrected chi connectivity index (χ3v) is 7.51. The Bertz CT molecular complexity index is 928. The average Bonchev–Trinajstić information content (AvgIpc) is 3.35. The first-order chi connectivity index (χ1) is 15.0. The molecule has 5 heteroatoms. The zero-order chi connectivity index (χ0) is 21.6. The second-order valence-electron chi connectivity index (χ2n) is 9.31. The minimum atomic E-state index is -1.86. The van der Waals surface area contributed by atoms with Crippen molar-refractivity contribution in [1.82, 2.24) is 4.90 Å². The summed E-state index contributed by atoms with van der Waals surface area (Å²) >= 11 is 0. The predicted octanol–water partition coefficient (Wildman–Crippen LogP) is 4.47. The number of rotatable bonds is 6. The minimum absolute atomic E-state index is 0.147. The molecule has 2 aliphatic carbocycles. The van der Waals surface area contributed by atoms with Crippen molar-refractivity contribution in [2.45, 2.75) is 56.8 Å². The average molecular weight is 422 g/mol. The molecule has 4 unspecified atom stereocenters. The number of para-hydroxylation sites is 2. The van der Waals surface area contributed by atoms with Crippen LogP contribution in [0.3, 0.4) is 0 Å². The van der Waals surface area contributed by atoms with Gasteiger partial charge in [-0.15, -0.1) is 0 Å². The van der Waals surface area contributed by atoms with Crippen molar-refractivity contribution in [2.75, 3.05) is 13.6 Å². The molecule has 0 saturated heterocycles. The quantitative estimate of drug-likeness (QED) is 0.698. The van der Waals surface area contributed by atoms with E-state index in [-0.39, 0.29) is 6.10 Å². The number of carbonyl (C=O) groups excluding carboxylic acids is 1. The maximum atomic E-state index is 13.6. The van der Waals surface area contributed by atoms with Gasteiger partial charge in [0, 0.05) is 23.1 Å². The summed E-state index contributed by atoms with van der Waals surface area (Å²) < 4.78 is 12.1. The number of hydrogen-bond acceptors (Lipinski definition) is 5. The molecule has 2 aromatic carbocycles. The highest BCUT2D eigenvalue weighted by Gasteiger charge is 2.54. The van der Waals surface area contributed by atoms with Gasteiger partial charge in [-0.05, 0) is 57.3 Å². The van der Waals surface area contributed by atoms with Crippen LogP contribution in [0.5, 0.6) is 11.5 Å².